The minimum absolute atomic E-state index is 0.282. The van der Waals surface area contributed by atoms with E-state index in [9.17, 15) is 0 Å². The van der Waals surface area contributed by atoms with Gasteiger partial charge in [-0.25, -0.2) is 0 Å². The van der Waals surface area contributed by atoms with Crippen LogP contribution >= 0.6 is 0 Å². The van der Waals surface area contributed by atoms with E-state index in [1.54, 1.807) is 0 Å². The van der Waals surface area contributed by atoms with Crippen LogP contribution in [0.25, 0.3) is 0 Å². The van der Waals surface area contributed by atoms with Gasteiger partial charge in [-0.15, -0.1) is 0 Å². The van der Waals surface area contributed by atoms with Crippen molar-refractivity contribution in [3.8, 4) is 0 Å². The van der Waals surface area contributed by atoms with Crippen molar-refractivity contribution < 1.29 is 5.11 Å². The smallest absolute Gasteiger partial charge is 0.0465 e. The van der Waals surface area contributed by atoms with Gasteiger partial charge in [0.1, 0.15) is 0 Å². The van der Waals surface area contributed by atoms with Crippen LogP contribution in [0.2, 0.25) is 0 Å². The van der Waals surface area contributed by atoms with Crippen molar-refractivity contribution >= 4 is 0 Å². The maximum absolute atomic E-state index is 8.61. The first-order chi connectivity index (χ1) is 9.41. The summed E-state index contributed by atoms with van der Waals surface area (Å²) in [4.78, 5) is 0. The second-order valence-electron chi connectivity index (χ2n) is 5.30. The maximum Gasteiger partial charge on any atom is 0.0465 e. The zero-order valence-electron chi connectivity index (χ0n) is 12.9. The molecule has 0 aromatic carbocycles. The van der Waals surface area contributed by atoms with Crippen LogP contribution in [0.15, 0.2) is 24.3 Å². The highest BCUT2D eigenvalue weighted by molar-refractivity contribution is 4.81. The minimum atomic E-state index is 0.282. The van der Waals surface area contributed by atoms with Crippen molar-refractivity contribution in [1.29, 1.82) is 0 Å². The molecule has 19 heavy (non-hydrogen) atoms. The molecule has 0 rings (SSSR count). The Balaban J connectivity index is 3.02. The lowest BCUT2D eigenvalue weighted by Gasteiger charge is -2.00. The van der Waals surface area contributed by atoms with Crippen molar-refractivity contribution in [2.45, 2.75) is 84.0 Å². The zero-order chi connectivity index (χ0) is 14.0. The van der Waals surface area contributed by atoms with Gasteiger partial charge in [-0.05, 0) is 38.5 Å². The van der Waals surface area contributed by atoms with Crippen LogP contribution in [0, 0.1) is 0 Å². The molecule has 0 saturated carbocycles. The van der Waals surface area contributed by atoms with E-state index in [4.69, 9.17) is 5.11 Å². The van der Waals surface area contributed by atoms with E-state index in [2.05, 4.69) is 31.2 Å². The number of allylic oxidation sites excluding steroid dienone is 3. The Morgan fingerprint density at radius 1 is 0.579 bits per heavy atom. The molecule has 0 amide bonds. The van der Waals surface area contributed by atoms with Gasteiger partial charge in [-0.1, -0.05) is 69.8 Å². The topological polar surface area (TPSA) is 20.2 Å². The van der Waals surface area contributed by atoms with Crippen LogP contribution in [0.1, 0.15) is 84.0 Å². The Labute approximate surface area is 120 Å². The average molecular weight is 266 g/mol. The molecule has 0 heterocycles. The van der Waals surface area contributed by atoms with E-state index in [1.165, 1.54) is 70.6 Å². The normalized spacial score (nSPS) is 11.9. The highest BCUT2D eigenvalue weighted by Gasteiger charge is 1.90. The lowest BCUT2D eigenvalue weighted by Crippen LogP contribution is -1.80. The Kier molecular flexibility index (Phi) is 16.9. The zero-order valence-corrected chi connectivity index (χ0v) is 12.9. The summed E-state index contributed by atoms with van der Waals surface area (Å²) in [6.45, 7) is 2.51. The molecule has 0 atom stereocenters. The maximum atomic E-state index is 8.61. The van der Waals surface area contributed by atoms with E-state index < -0.39 is 0 Å². The van der Waals surface area contributed by atoms with Crippen molar-refractivity contribution in [2.75, 3.05) is 6.61 Å². The second-order valence-corrected chi connectivity index (χ2v) is 5.30. The van der Waals surface area contributed by atoms with Gasteiger partial charge in [-0.3, -0.25) is 0 Å². The van der Waals surface area contributed by atoms with Crippen molar-refractivity contribution in [1.82, 2.24) is 0 Å². The molecule has 0 saturated heterocycles. The summed E-state index contributed by atoms with van der Waals surface area (Å²) in [7, 11) is 0. The first-order valence-corrected chi connectivity index (χ1v) is 8.32. The third kappa shape index (κ3) is 17.4. The summed E-state index contributed by atoms with van der Waals surface area (Å²) < 4.78 is 0. The van der Waals surface area contributed by atoms with Crippen LogP contribution in [0.3, 0.4) is 0 Å². The van der Waals surface area contributed by atoms with Gasteiger partial charge < -0.3 is 5.11 Å². The molecular formula is C18H34O. The first-order valence-electron chi connectivity index (χ1n) is 8.32. The largest absolute Gasteiger partial charge is 0.396 e. The average Bonchev–Trinajstić information content (AvgIpc) is 2.43. The lowest BCUT2D eigenvalue weighted by molar-refractivity contribution is 0.302. The molecule has 1 nitrogen and oxygen atoms in total. The monoisotopic (exact) mass is 266 g/mol. The van der Waals surface area contributed by atoms with Crippen LogP contribution in [-0.2, 0) is 0 Å². The fourth-order valence-electron chi connectivity index (χ4n) is 2.12. The Hall–Kier alpha value is -0.560. The Bertz CT molecular complexity index is 184. The van der Waals surface area contributed by atoms with Crippen LogP contribution in [0.5, 0.6) is 0 Å². The molecule has 0 aromatic rings. The molecule has 0 radical (unpaired) electrons. The number of hydrogen-bond acceptors (Lipinski definition) is 1. The molecule has 0 fully saturated rings. The van der Waals surface area contributed by atoms with Crippen molar-refractivity contribution in [3.63, 3.8) is 0 Å². The highest BCUT2D eigenvalue weighted by atomic mass is 16.2. The second kappa shape index (κ2) is 17.4. The van der Waals surface area contributed by atoms with Gasteiger partial charge in [0.15, 0.2) is 0 Å². The summed E-state index contributed by atoms with van der Waals surface area (Å²) >= 11 is 0. The molecule has 0 aliphatic carbocycles. The van der Waals surface area contributed by atoms with Gasteiger partial charge in [0.05, 0.1) is 0 Å². The van der Waals surface area contributed by atoms with E-state index in [0.29, 0.717) is 0 Å². The molecule has 0 aliphatic rings. The van der Waals surface area contributed by atoms with E-state index in [0.717, 1.165) is 6.42 Å². The third-order valence-corrected chi connectivity index (χ3v) is 3.33. The summed E-state index contributed by atoms with van der Waals surface area (Å²) in [5, 5.41) is 8.61. The Morgan fingerprint density at radius 2 is 1.00 bits per heavy atom. The van der Waals surface area contributed by atoms with Crippen molar-refractivity contribution in [3.05, 3.63) is 24.3 Å². The molecular weight excluding hydrogens is 232 g/mol. The first kappa shape index (κ1) is 18.4. The molecule has 0 bridgehead atoms. The number of rotatable bonds is 14. The quantitative estimate of drug-likeness (QED) is 0.311. The number of hydrogen-bond donors (Lipinski definition) is 1. The minimum Gasteiger partial charge on any atom is -0.396 e. The SMILES string of the molecule is CCC/C=C/CCCCCCCCC/C=C/CCO. The highest BCUT2D eigenvalue weighted by Crippen LogP contribution is 2.10. The molecule has 0 spiro atoms. The molecule has 0 unspecified atom stereocenters. The van der Waals surface area contributed by atoms with Gasteiger partial charge in [0.2, 0.25) is 0 Å². The standard InChI is InChI=1S/C18H34O/c1-2-3-4-5-6-7-8-9-10-11-12-13-14-15-16-17-18-19/h4-5,15-16,19H,2-3,6-14,17-18H2,1H3/b5-4+,16-15+. The number of unbranched alkanes of at least 4 members (excludes halogenated alkanes) is 9. The fraction of sp³-hybridized carbons (Fsp3) is 0.778. The predicted molar refractivity (Wildman–Crippen MR) is 86.4 cm³/mol. The van der Waals surface area contributed by atoms with Gasteiger partial charge in [0.25, 0.3) is 0 Å². The predicted octanol–water partition coefficient (Wildman–Crippen LogP) is 5.79. The van der Waals surface area contributed by atoms with Crippen molar-refractivity contribution in [2.24, 2.45) is 0 Å². The number of aliphatic hydroxyl groups excluding tert-OH is 1. The molecule has 112 valence electrons. The van der Waals surface area contributed by atoms with Crippen LogP contribution < -0.4 is 0 Å². The molecule has 0 aliphatic heterocycles. The van der Waals surface area contributed by atoms with E-state index in [-0.39, 0.29) is 6.61 Å². The van der Waals surface area contributed by atoms with Crippen LogP contribution in [0.4, 0.5) is 0 Å². The van der Waals surface area contributed by atoms with E-state index >= 15 is 0 Å². The van der Waals surface area contributed by atoms with Crippen LogP contribution in [-0.4, -0.2) is 11.7 Å². The fourth-order valence-corrected chi connectivity index (χ4v) is 2.12. The summed E-state index contributed by atoms with van der Waals surface area (Å²) in [6.07, 6.45) is 24.4. The lowest BCUT2D eigenvalue weighted by atomic mass is 10.1. The Morgan fingerprint density at radius 3 is 1.47 bits per heavy atom. The van der Waals surface area contributed by atoms with E-state index in [1.807, 2.05) is 0 Å². The molecule has 0 aromatic heterocycles. The third-order valence-electron chi connectivity index (χ3n) is 3.33. The van der Waals surface area contributed by atoms with Gasteiger partial charge in [0, 0.05) is 6.61 Å². The number of aliphatic hydroxyl groups is 1. The molecule has 1 heteroatoms. The summed E-state index contributed by atoms with van der Waals surface area (Å²) in [6, 6.07) is 0. The summed E-state index contributed by atoms with van der Waals surface area (Å²) in [5.74, 6) is 0. The molecule has 1 N–H and O–H groups in total. The van der Waals surface area contributed by atoms with Gasteiger partial charge >= 0.3 is 0 Å². The van der Waals surface area contributed by atoms with Gasteiger partial charge in [-0.2, -0.15) is 0 Å². The summed E-state index contributed by atoms with van der Waals surface area (Å²) in [5.41, 5.74) is 0.